The molecular formula is C20H46N8O4S2. The van der Waals surface area contributed by atoms with E-state index in [9.17, 15) is 14.7 Å². The Hall–Kier alpha value is -0.680. The van der Waals surface area contributed by atoms with Crippen molar-refractivity contribution in [3.8, 4) is 0 Å². The van der Waals surface area contributed by atoms with Crippen molar-refractivity contribution < 1.29 is 19.8 Å². The molecule has 0 heterocycles. The van der Waals surface area contributed by atoms with Gasteiger partial charge in [-0.15, -0.1) is 0 Å². The van der Waals surface area contributed by atoms with Gasteiger partial charge in [0.2, 0.25) is 0 Å². The molecule has 12 nitrogen and oxygen atoms in total. The van der Waals surface area contributed by atoms with Crippen LogP contribution in [0.4, 0.5) is 0 Å². The van der Waals surface area contributed by atoms with E-state index >= 15 is 0 Å². The van der Waals surface area contributed by atoms with Crippen LogP contribution in [-0.2, 0) is 9.59 Å². The maximum absolute atomic E-state index is 11.8. The number of hydrogen-bond acceptors (Lipinski definition) is 12. The van der Waals surface area contributed by atoms with E-state index < -0.39 is 41.3 Å². The Morgan fingerprint density at radius 2 is 1.21 bits per heavy atom. The molecule has 0 unspecified atom stereocenters. The average molecular weight is 527 g/mol. The first-order valence-electron chi connectivity index (χ1n) is 11.7. The average Bonchev–Trinajstić information content (AvgIpc) is 2.75. The summed E-state index contributed by atoms with van der Waals surface area (Å²) in [6.45, 7) is 6.48. The molecule has 0 aromatic rings. The lowest BCUT2D eigenvalue weighted by atomic mass is 10.1. The maximum atomic E-state index is 11.8. The lowest BCUT2D eigenvalue weighted by Gasteiger charge is -2.51. The molecule has 0 aliphatic rings. The fourth-order valence-corrected chi connectivity index (χ4v) is 6.87. The first-order valence-corrected chi connectivity index (χ1v) is 14.0. The van der Waals surface area contributed by atoms with Crippen LogP contribution in [0, 0.1) is 0 Å². The summed E-state index contributed by atoms with van der Waals surface area (Å²) in [5, 5.41) is 18.8. The minimum Gasteiger partial charge on any atom is -0.480 e. The Balaban J connectivity index is 6.28. The van der Waals surface area contributed by atoms with Gasteiger partial charge < -0.3 is 44.6 Å². The Morgan fingerprint density at radius 3 is 1.56 bits per heavy atom. The molecule has 0 amide bonds. The van der Waals surface area contributed by atoms with E-state index in [-0.39, 0.29) is 12.8 Å². The topological polar surface area (TPSA) is 237 Å². The van der Waals surface area contributed by atoms with Crippen molar-refractivity contribution in [3.05, 3.63) is 0 Å². The molecule has 0 saturated heterocycles. The van der Waals surface area contributed by atoms with Gasteiger partial charge in [-0.25, -0.2) is 0 Å². The monoisotopic (exact) mass is 526 g/mol. The van der Waals surface area contributed by atoms with Crippen LogP contribution in [-0.4, -0.2) is 93.3 Å². The maximum Gasteiger partial charge on any atom is 0.320 e. The number of nitrogens with two attached hydrogens (primary N) is 6. The van der Waals surface area contributed by atoms with E-state index in [2.05, 4.69) is 9.80 Å². The summed E-state index contributed by atoms with van der Waals surface area (Å²) in [6, 6.07) is -2.08. The van der Waals surface area contributed by atoms with E-state index in [4.69, 9.17) is 39.5 Å². The fraction of sp³-hybridized carbons (Fsp3) is 0.900. The van der Waals surface area contributed by atoms with Gasteiger partial charge in [-0.05, 0) is 32.1 Å². The summed E-state index contributed by atoms with van der Waals surface area (Å²) >= 11 is 0. The third-order valence-corrected chi connectivity index (χ3v) is 8.39. The summed E-state index contributed by atoms with van der Waals surface area (Å²) in [5.41, 5.74) is 35.2. The van der Waals surface area contributed by atoms with Crippen molar-refractivity contribution in [2.45, 2.75) is 81.8 Å². The van der Waals surface area contributed by atoms with Gasteiger partial charge in [-0.2, -0.15) is 0 Å². The Kier molecular flexibility index (Phi) is 17.3. The summed E-state index contributed by atoms with van der Waals surface area (Å²) < 4.78 is 0. The number of hydrogen-bond donors (Lipinski definition) is 8. The largest absolute Gasteiger partial charge is 0.480 e. The van der Waals surface area contributed by atoms with Gasteiger partial charge in [0, 0.05) is 38.4 Å². The quantitative estimate of drug-likeness (QED) is 0.0525. The zero-order chi connectivity index (χ0) is 26.3. The molecule has 0 aromatic heterocycles. The van der Waals surface area contributed by atoms with Crippen molar-refractivity contribution in [3.63, 3.8) is 0 Å². The van der Waals surface area contributed by atoms with E-state index in [1.54, 1.807) is 0 Å². The predicted molar refractivity (Wildman–Crippen MR) is 141 cm³/mol. The van der Waals surface area contributed by atoms with Gasteiger partial charge in [0.05, 0.1) is 12.3 Å². The minimum absolute atomic E-state index is 0.130. The lowest BCUT2D eigenvalue weighted by molar-refractivity contribution is -0.140. The van der Waals surface area contributed by atoms with Crippen molar-refractivity contribution >= 4 is 33.5 Å². The highest BCUT2D eigenvalue weighted by atomic mass is 33.1. The van der Waals surface area contributed by atoms with Crippen LogP contribution >= 0.6 is 21.6 Å². The van der Waals surface area contributed by atoms with Crippen molar-refractivity contribution in [2.75, 3.05) is 31.9 Å². The number of carboxylic acids is 2. The van der Waals surface area contributed by atoms with Crippen LogP contribution in [0.5, 0.6) is 0 Å². The molecule has 0 spiro atoms. The number of aliphatic carboxylic acids is 2. The molecular weight excluding hydrogens is 480 g/mol. The molecule has 0 aromatic carbocycles. The van der Waals surface area contributed by atoms with Gasteiger partial charge in [0.25, 0.3) is 0 Å². The van der Waals surface area contributed by atoms with Crippen molar-refractivity contribution in [1.29, 1.82) is 0 Å². The van der Waals surface area contributed by atoms with Gasteiger partial charge in [0.1, 0.15) is 17.1 Å². The summed E-state index contributed by atoms with van der Waals surface area (Å²) in [6.07, 6.45) is 2.01. The minimum atomic E-state index is -1.12. The second-order valence-corrected chi connectivity index (χ2v) is 11.1. The molecule has 0 aliphatic carbocycles. The first kappa shape index (κ1) is 33.3. The predicted octanol–water partition coefficient (Wildman–Crippen LogP) is -0.683. The second kappa shape index (κ2) is 17.7. The third-order valence-electron chi connectivity index (χ3n) is 5.26. The normalized spacial score (nSPS) is 14.4. The fourth-order valence-electron chi connectivity index (χ4n) is 3.48. The van der Waals surface area contributed by atoms with Gasteiger partial charge in [0.15, 0.2) is 0 Å². The van der Waals surface area contributed by atoms with Crippen LogP contribution in [0.2, 0.25) is 0 Å². The highest BCUT2D eigenvalue weighted by Crippen LogP contribution is 2.45. The van der Waals surface area contributed by atoms with Crippen LogP contribution < -0.4 is 34.4 Å². The summed E-state index contributed by atoms with van der Waals surface area (Å²) in [4.78, 5) is 26.5. The van der Waals surface area contributed by atoms with Gasteiger partial charge >= 0.3 is 11.9 Å². The Bertz CT molecular complexity index is 567. The van der Waals surface area contributed by atoms with Crippen LogP contribution in [0.25, 0.3) is 0 Å². The van der Waals surface area contributed by atoms with E-state index in [1.807, 2.05) is 13.8 Å². The molecule has 14 heteroatoms. The van der Waals surface area contributed by atoms with Crippen LogP contribution in [0.3, 0.4) is 0 Å². The highest BCUT2D eigenvalue weighted by molar-refractivity contribution is 8.77. The zero-order valence-electron chi connectivity index (χ0n) is 20.5. The SMILES string of the molecule is CCCN(CCC(N)N)C(C[C@H](N)C(=O)O)(SSCC[C@H](N)C(=O)O)N(CCC)CCC(N)N. The zero-order valence-corrected chi connectivity index (χ0v) is 22.1. The summed E-state index contributed by atoms with van der Waals surface area (Å²) in [5.74, 6) is -1.68. The molecule has 0 aliphatic heterocycles. The molecule has 2 atom stereocenters. The lowest BCUT2D eigenvalue weighted by Crippen LogP contribution is -2.62. The molecule has 0 saturated carbocycles. The van der Waals surface area contributed by atoms with E-state index in [0.29, 0.717) is 44.8 Å². The second-order valence-electron chi connectivity index (χ2n) is 8.41. The molecule has 34 heavy (non-hydrogen) atoms. The standard InChI is InChI=1S/C20H46N8O4S2/c1-3-8-27(10-5-16(23)24)20(13-15(22)19(31)32,28(9-4-2)11-6-17(25)26)34-33-12-7-14(21)18(29)30/h14-17H,3-13,21-26H2,1-2H3,(H,29,30)(H,31,32)/t14-,15-/m0/s1. The van der Waals surface area contributed by atoms with Crippen LogP contribution in [0.15, 0.2) is 0 Å². The highest BCUT2D eigenvalue weighted by Gasteiger charge is 2.45. The molecule has 202 valence electrons. The van der Waals surface area contributed by atoms with Gasteiger partial charge in [-0.3, -0.25) is 19.4 Å². The van der Waals surface area contributed by atoms with E-state index in [0.717, 1.165) is 12.8 Å². The third kappa shape index (κ3) is 12.3. The molecule has 0 fully saturated rings. The number of carbonyl (C=O) groups is 2. The number of nitrogens with zero attached hydrogens (tertiary/aromatic N) is 2. The Labute approximate surface area is 211 Å². The molecule has 0 rings (SSSR count). The van der Waals surface area contributed by atoms with Crippen LogP contribution in [0.1, 0.15) is 52.4 Å². The number of rotatable bonds is 21. The van der Waals surface area contributed by atoms with Gasteiger partial charge in [-0.1, -0.05) is 35.4 Å². The smallest absolute Gasteiger partial charge is 0.320 e. The van der Waals surface area contributed by atoms with Crippen molar-refractivity contribution in [2.24, 2.45) is 34.4 Å². The molecule has 14 N–H and O–H groups in total. The Morgan fingerprint density at radius 1 is 0.765 bits per heavy atom. The molecule has 0 bridgehead atoms. The molecule has 0 radical (unpaired) electrons. The van der Waals surface area contributed by atoms with E-state index in [1.165, 1.54) is 21.6 Å². The summed E-state index contributed by atoms with van der Waals surface area (Å²) in [7, 11) is 2.93. The number of carboxylic acid groups (broad SMARTS) is 2. The van der Waals surface area contributed by atoms with Crippen molar-refractivity contribution in [1.82, 2.24) is 9.80 Å². The first-order chi connectivity index (χ1) is 15.9.